The first-order valence-corrected chi connectivity index (χ1v) is 3.76. The maximum atomic E-state index is 9.01. The molecule has 13 heavy (non-hydrogen) atoms. The number of hydroxylamine groups is 3. The van der Waals surface area contributed by atoms with Crippen LogP contribution in [-0.4, -0.2) is 10.4 Å². The molecule has 68 valence electrons. The van der Waals surface area contributed by atoms with Gasteiger partial charge in [-0.05, 0) is 12.1 Å². The summed E-state index contributed by atoms with van der Waals surface area (Å²) in [6.07, 6.45) is 1.48. The van der Waals surface area contributed by atoms with Crippen LogP contribution in [-0.2, 0) is 4.94 Å². The Kier molecular flexibility index (Phi) is 1.80. The summed E-state index contributed by atoms with van der Waals surface area (Å²) in [5, 5.41) is 10.9. The van der Waals surface area contributed by atoms with Gasteiger partial charge in [0.2, 0.25) is 0 Å². The summed E-state index contributed by atoms with van der Waals surface area (Å²) < 4.78 is 0. The van der Waals surface area contributed by atoms with Crippen LogP contribution in [0.5, 0.6) is 0 Å². The second-order valence-corrected chi connectivity index (χ2v) is 2.57. The molecular formula is C8H9N3O2. The topological polar surface area (TPSA) is 62.0 Å². The second kappa shape index (κ2) is 2.96. The minimum absolute atomic E-state index is 0.142. The van der Waals surface area contributed by atoms with Crippen LogP contribution in [0.15, 0.2) is 42.4 Å². The normalized spacial score (nSPS) is 16.2. The van der Waals surface area contributed by atoms with Crippen molar-refractivity contribution in [3.63, 3.8) is 0 Å². The quantitative estimate of drug-likeness (QED) is 0.667. The standard InChI is InChI=1S/C8H9N3O2/c9-8-6-10(13-11(8)12)7-4-2-1-3-5-7/h1-6,12H,9H2. The molecule has 3 N–H and O–H groups in total. The third-order valence-electron chi connectivity index (χ3n) is 1.65. The van der Waals surface area contributed by atoms with E-state index in [0.717, 1.165) is 5.69 Å². The molecule has 0 amide bonds. The van der Waals surface area contributed by atoms with Gasteiger partial charge in [0.1, 0.15) is 0 Å². The molecule has 0 atom stereocenters. The van der Waals surface area contributed by atoms with Crippen LogP contribution in [0, 0.1) is 0 Å². The smallest absolute Gasteiger partial charge is 0.176 e. The van der Waals surface area contributed by atoms with Gasteiger partial charge in [0.25, 0.3) is 0 Å². The molecule has 0 saturated carbocycles. The fraction of sp³-hybridized carbons (Fsp3) is 0. The Morgan fingerprint density at radius 1 is 1.23 bits per heavy atom. The van der Waals surface area contributed by atoms with Crippen LogP contribution in [0.2, 0.25) is 0 Å². The predicted molar refractivity (Wildman–Crippen MR) is 45.9 cm³/mol. The lowest BCUT2D eigenvalue weighted by molar-refractivity contribution is -0.304. The molecule has 0 radical (unpaired) electrons. The van der Waals surface area contributed by atoms with E-state index in [4.69, 9.17) is 15.9 Å². The molecule has 1 heterocycles. The lowest BCUT2D eigenvalue weighted by atomic mass is 10.3. The number of nitrogens with two attached hydrogens (primary N) is 1. The summed E-state index contributed by atoms with van der Waals surface area (Å²) in [7, 11) is 0. The van der Waals surface area contributed by atoms with Gasteiger partial charge in [-0.1, -0.05) is 23.4 Å². The maximum Gasteiger partial charge on any atom is 0.176 e. The Labute approximate surface area is 75.1 Å². The molecule has 0 bridgehead atoms. The molecule has 0 fully saturated rings. The SMILES string of the molecule is NC1=CN(c2ccccc2)ON1O. The van der Waals surface area contributed by atoms with Crippen molar-refractivity contribution in [2.75, 3.05) is 5.06 Å². The van der Waals surface area contributed by atoms with Crippen molar-refractivity contribution < 1.29 is 10.1 Å². The van der Waals surface area contributed by atoms with E-state index in [2.05, 4.69) is 0 Å². The summed E-state index contributed by atoms with van der Waals surface area (Å²) in [6.45, 7) is 0. The Bertz CT molecular complexity index is 325. The van der Waals surface area contributed by atoms with Gasteiger partial charge in [0.05, 0.1) is 11.9 Å². The van der Waals surface area contributed by atoms with Crippen LogP contribution in [0.25, 0.3) is 0 Å². The van der Waals surface area contributed by atoms with Gasteiger partial charge in [-0.25, -0.2) is 0 Å². The van der Waals surface area contributed by atoms with Crippen molar-refractivity contribution in [3.05, 3.63) is 42.4 Å². The molecule has 0 unspecified atom stereocenters. The van der Waals surface area contributed by atoms with Gasteiger partial charge in [-0.2, -0.15) is 5.06 Å². The summed E-state index contributed by atoms with van der Waals surface area (Å²) >= 11 is 0. The van der Waals surface area contributed by atoms with E-state index < -0.39 is 0 Å². The van der Waals surface area contributed by atoms with Crippen molar-refractivity contribution in [2.24, 2.45) is 5.73 Å². The molecule has 1 aromatic rings. The average molecular weight is 179 g/mol. The Morgan fingerprint density at radius 2 is 1.92 bits per heavy atom. The number of hydrogen-bond acceptors (Lipinski definition) is 5. The van der Waals surface area contributed by atoms with Crippen molar-refractivity contribution in [2.45, 2.75) is 0 Å². The van der Waals surface area contributed by atoms with E-state index >= 15 is 0 Å². The van der Waals surface area contributed by atoms with Crippen molar-refractivity contribution >= 4 is 5.69 Å². The molecule has 1 aliphatic heterocycles. The minimum Gasteiger partial charge on any atom is -0.380 e. The van der Waals surface area contributed by atoms with E-state index in [-0.39, 0.29) is 5.82 Å². The summed E-state index contributed by atoms with van der Waals surface area (Å²) in [6, 6.07) is 9.29. The second-order valence-electron chi connectivity index (χ2n) is 2.57. The number of nitrogens with zero attached hydrogens (tertiary/aromatic N) is 2. The summed E-state index contributed by atoms with van der Waals surface area (Å²) in [5.41, 5.74) is 6.17. The van der Waals surface area contributed by atoms with Gasteiger partial charge in [0, 0.05) is 0 Å². The molecule has 0 aromatic heterocycles. The third-order valence-corrected chi connectivity index (χ3v) is 1.65. The third kappa shape index (κ3) is 1.42. The number of rotatable bonds is 1. The summed E-state index contributed by atoms with van der Waals surface area (Å²) in [5.74, 6) is 0.142. The Hall–Kier alpha value is -1.72. The van der Waals surface area contributed by atoms with Crippen molar-refractivity contribution in [1.29, 1.82) is 0 Å². The first-order valence-electron chi connectivity index (χ1n) is 3.76. The molecule has 0 saturated heterocycles. The number of benzene rings is 1. The molecule has 5 heteroatoms. The molecule has 5 nitrogen and oxygen atoms in total. The largest absolute Gasteiger partial charge is 0.380 e. The zero-order valence-electron chi connectivity index (χ0n) is 6.79. The average Bonchev–Trinajstić information content (AvgIpc) is 2.49. The van der Waals surface area contributed by atoms with Gasteiger partial charge in [0.15, 0.2) is 5.82 Å². The predicted octanol–water partition coefficient (Wildman–Crippen LogP) is 0.802. The fourth-order valence-electron chi connectivity index (χ4n) is 1.02. The Morgan fingerprint density at radius 3 is 2.46 bits per heavy atom. The van der Waals surface area contributed by atoms with Crippen LogP contribution >= 0.6 is 0 Å². The number of hydrogen-bond donors (Lipinski definition) is 2. The zero-order valence-corrected chi connectivity index (χ0v) is 6.79. The van der Waals surface area contributed by atoms with Gasteiger partial charge in [-0.3, -0.25) is 5.21 Å². The van der Waals surface area contributed by atoms with Gasteiger partial charge in [-0.15, -0.1) is 4.94 Å². The summed E-state index contributed by atoms with van der Waals surface area (Å²) in [4.78, 5) is 4.86. The van der Waals surface area contributed by atoms with E-state index in [0.29, 0.717) is 5.23 Å². The first-order chi connectivity index (χ1) is 6.27. The molecule has 1 aliphatic rings. The zero-order chi connectivity index (χ0) is 9.26. The van der Waals surface area contributed by atoms with Crippen LogP contribution in [0.4, 0.5) is 5.69 Å². The highest BCUT2D eigenvalue weighted by molar-refractivity contribution is 5.46. The molecule has 1 aromatic carbocycles. The number of anilines is 1. The molecular weight excluding hydrogens is 170 g/mol. The fourth-order valence-corrected chi connectivity index (χ4v) is 1.02. The number of para-hydroxylation sites is 1. The minimum atomic E-state index is 0.142. The van der Waals surface area contributed by atoms with Gasteiger partial charge >= 0.3 is 0 Å². The lowest BCUT2D eigenvalue weighted by Gasteiger charge is -2.14. The van der Waals surface area contributed by atoms with Gasteiger partial charge < -0.3 is 5.73 Å². The van der Waals surface area contributed by atoms with E-state index in [1.165, 1.54) is 11.3 Å². The molecule has 2 rings (SSSR count). The van der Waals surface area contributed by atoms with Crippen LogP contribution in [0.3, 0.4) is 0 Å². The van der Waals surface area contributed by atoms with Crippen molar-refractivity contribution in [1.82, 2.24) is 5.23 Å². The first kappa shape index (κ1) is 7.90. The molecule has 0 spiro atoms. The van der Waals surface area contributed by atoms with Crippen LogP contribution < -0.4 is 10.8 Å². The van der Waals surface area contributed by atoms with E-state index in [1.54, 1.807) is 0 Å². The van der Waals surface area contributed by atoms with E-state index in [9.17, 15) is 0 Å². The lowest BCUT2D eigenvalue weighted by Crippen LogP contribution is -2.22. The van der Waals surface area contributed by atoms with E-state index in [1.807, 2.05) is 30.3 Å². The van der Waals surface area contributed by atoms with Crippen LogP contribution in [0.1, 0.15) is 0 Å². The maximum absolute atomic E-state index is 9.01. The highest BCUT2D eigenvalue weighted by Gasteiger charge is 2.19. The highest BCUT2D eigenvalue weighted by atomic mass is 17.0. The molecule has 0 aliphatic carbocycles. The monoisotopic (exact) mass is 179 g/mol. The Balaban J connectivity index is 2.22. The van der Waals surface area contributed by atoms with Crippen molar-refractivity contribution in [3.8, 4) is 0 Å². The highest BCUT2D eigenvalue weighted by Crippen LogP contribution is 2.20.